The van der Waals surface area contributed by atoms with Crippen LogP contribution in [-0.4, -0.2) is 64.0 Å². The second kappa shape index (κ2) is 8.73. The largest absolute Gasteiger partial charge is 0.490 e. The van der Waals surface area contributed by atoms with Gasteiger partial charge >= 0.3 is 0 Å². The predicted molar refractivity (Wildman–Crippen MR) is 84.3 cm³/mol. The average molecular weight is 308 g/mol. The highest BCUT2D eigenvalue weighted by Gasteiger charge is 2.17. The summed E-state index contributed by atoms with van der Waals surface area (Å²) >= 11 is 0. The van der Waals surface area contributed by atoms with Crippen LogP contribution in [0.5, 0.6) is 5.75 Å². The van der Waals surface area contributed by atoms with Crippen molar-refractivity contribution < 1.29 is 19.0 Å². The molecule has 0 saturated carbocycles. The first-order chi connectivity index (χ1) is 10.6. The van der Waals surface area contributed by atoms with Crippen molar-refractivity contribution in [1.29, 1.82) is 0 Å². The quantitative estimate of drug-likeness (QED) is 0.786. The second-order valence-corrected chi connectivity index (χ2v) is 5.49. The van der Waals surface area contributed by atoms with Gasteiger partial charge in [0.2, 0.25) is 5.91 Å². The standard InChI is InChI=1S/C16H24N2O4/c1-18(2)8-10-21-15-6-4-3-5-14(15)17-16(19)12-22-13-7-9-20-11-13/h3-6,13H,7-12H2,1-2H3,(H,17,19)/t13-/m1/s1. The molecule has 1 aliphatic heterocycles. The fourth-order valence-corrected chi connectivity index (χ4v) is 2.06. The van der Waals surface area contributed by atoms with E-state index in [2.05, 4.69) is 5.32 Å². The monoisotopic (exact) mass is 308 g/mol. The van der Waals surface area contributed by atoms with E-state index in [1.165, 1.54) is 0 Å². The van der Waals surface area contributed by atoms with Gasteiger partial charge in [-0.05, 0) is 32.6 Å². The van der Waals surface area contributed by atoms with Gasteiger partial charge in [0.1, 0.15) is 19.0 Å². The van der Waals surface area contributed by atoms with Gasteiger partial charge in [-0.25, -0.2) is 0 Å². The Hall–Kier alpha value is -1.63. The summed E-state index contributed by atoms with van der Waals surface area (Å²) in [6, 6.07) is 7.41. The van der Waals surface area contributed by atoms with Crippen LogP contribution in [0.15, 0.2) is 24.3 Å². The minimum atomic E-state index is -0.185. The Labute approximate surface area is 131 Å². The fraction of sp³-hybridized carbons (Fsp3) is 0.562. The van der Waals surface area contributed by atoms with E-state index in [0.717, 1.165) is 13.0 Å². The van der Waals surface area contributed by atoms with Crippen LogP contribution in [0, 0.1) is 0 Å². The van der Waals surface area contributed by atoms with Crippen LogP contribution < -0.4 is 10.1 Å². The number of carbonyl (C=O) groups excluding carboxylic acids is 1. The summed E-state index contributed by atoms with van der Waals surface area (Å²) in [6.07, 6.45) is 0.870. The molecule has 1 N–H and O–H groups in total. The Bertz CT molecular complexity index is 473. The van der Waals surface area contributed by atoms with Crippen LogP contribution in [0.25, 0.3) is 0 Å². The maximum atomic E-state index is 12.0. The van der Waals surface area contributed by atoms with E-state index in [1.807, 2.05) is 43.3 Å². The van der Waals surface area contributed by atoms with Crippen molar-refractivity contribution in [1.82, 2.24) is 4.90 Å². The predicted octanol–water partition coefficient (Wildman–Crippen LogP) is 1.37. The lowest BCUT2D eigenvalue weighted by molar-refractivity contribution is -0.122. The number of anilines is 1. The lowest BCUT2D eigenvalue weighted by Gasteiger charge is -2.15. The van der Waals surface area contributed by atoms with Crippen molar-refractivity contribution in [3.8, 4) is 5.75 Å². The number of amides is 1. The Morgan fingerprint density at radius 3 is 2.95 bits per heavy atom. The first-order valence-corrected chi connectivity index (χ1v) is 7.51. The van der Waals surface area contributed by atoms with Crippen LogP contribution in [0.3, 0.4) is 0 Å². The Morgan fingerprint density at radius 1 is 1.41 bits per heavy atom. The normalized spacial score (nSPS) is 17.7. The smallest absolute Gasteiger partial charge is 0.250 e. The number of ether oxygens (including phenoxy) is 3. The molecule has 0 spiro atoms. The van der Waals surface area contributed by atoms with E-state index in [-0.39, 0.29) is 18.6 Å². The molecule has 22 heavy (non-hydrogen) atoms. The molecule has 122 valence electrons. The number of rotatable bonds is 8. The van der Waals surface area contributed by atoms with Gasteiger partial charge in [0.15, 0.2) is 0 Å². The van der Waals surface area contributed by atoms with Crippen LogP contribution in [0.2, 0.25) is 0 Å². The maximum Gasteiger partial charge on any atom is 0.250 e. The molecule has 6 heteroatoms. The van der Waals surface area contributed by atoms with Gasteiger partial charge in [-0.15, -0.1) is 0 Å². The molecule has 1 aromatic carbocycles. The molecule has 0 unspecified atom stereocenters. The Kier molecular flexibility index (Phi) is 6.64. The van der Waals surface area contributed by atoms with Crippen molar-refractivity contribution in [2.75, 3.05) is 52.4 Å². The molecule has 1 atom stereocenters. The number of benzene rings is 1. The third-order valence-corrected chi connectivity index (χ3v) is 3.30. The SMILES string of the molecule is CN(C)CCOc1ccccc1NC(=O)CO[C@@H]1CCOC1. The molecule has 1 heterocycles. The van der Waals surface area contributed by atoms with E-state index >= 15 is 0 Å². The van der Waals surface area contributed by atoms with Gasteiger partial charge in [0.05, 0.1) is 18.4 Å². The lowest BCUT2D eigenvalue weighted by atomic mass is 10.3. The summed E-state index contributed by atoms with van der Waals surface area (Å²) in [5.41, 5.74) is 0.664. The summed E-state index contributed by atoms with van der Waals surface area (Å²) in [6.45, 7) is 2.68. The molecular formula is C16H24N2O4. The number of carbonyl (C=O) groups is 1. The van der Waals surface area contributed by atoms with Gasteiger partial charge < -0.3 is 24.4 Å². The third kappa shape index (κ3) is 5.63. The van der Waals surface area contributed by atoms with Crippen molar-refractivity contribution in [2.24, 2.45) is 0 Å². The molecule has 1 aromatic rings. The van der Waals surface area contributed by atoms with Crippen LogP contribution in [0.4, 0.5) is 5.69 Å². The average Bonchev–Trinajstić information content (AvgIpc) is 3.00. The van der Waals surface area contributed by atoms with Crippen LogP contribution >= 0.6 is 0 Å². The number of likely N-dealkylation sites (N-methyl/N-ethyl adjacent to an activating group) is 1. The van der Waals surface area contributed by atoms with E-state index in [4.69, 9.17) is 14.2 Å². The molecule has 0 aliphatic carbocycles. The molecule has 1 amide bonds. The van der Waals surface area contributed by atoms with E-state index in [9.17, 15) is 4.79 Å². The summed E-state index contributed by atoms with van der Waals surface area (Å²) in [5.74, 6) is 0.484. The first-order valence-electron chi connectivity index (χ1n) is 7.51. The fourth-order valence-electron chi connectivity index (χ4n) is 2.06. The van der Waals surface area contributed by atoms with Crippen molar-refractivity contribution >= 4 is 11.6 Å². The molecule has 0 aromatic heterocycles. The Morgan fingerprint density at radius 2 is 2.23 bits per heavy atom. The number of para-hydroxylation sites is 2. The highest BCUT2D eigenvalue weighted by atomic mass is 16.5. The minimum absolute atomic E-state index is 0.0253. The highest BCUT2D eigenvalue weighted by Crippen LogP contribution is 2.23. The molecular weight excluding hydrogens is 284 g/mol. The maximum absolute atomic E-state index is 12.0. The topological polar surface area (TPSA) is 60.0 Å². The van der Waals surface area contributed by atoms with Gasteiger partial charge in [-0.3, -0.25) is 4.79 Å². The highest BCUT2D eigenvalue weighted by molar-refractivity contribution is 5.93. The second-order valence-electron chi connectivity index (χ2n) is 5.49. The van der Waals surface area contributed by atoms with E-state index in [1.54, 1.807) is 0 Å². The summed E-state index contributed by atoms with van der Waals surface area (Å²) in [7, 11) is 3.97. The molecule has 6 nitrogen and oxygen atoms in total. The number of nitrogens with one attached hydrogen (secondary N) is 1. The van der Waals surface area contributed by atoms with Crippen molar-refractivity contribution in [3.63, 3.8) is 0 Å². The van der Waals surface area contributed by atoms with Crippen molar-refractivity contribution in [3.05, 3.63) is 24.3 Å². The van der Waals surface area contributed by atoms with E-state index < -0.39 is 0 Å². The lowest BCUT2D eigenvalue weighted by Crippen LogP contribution is -2.24. The number of hydrogen-bond donors (Lipinski definition) is 1. The molecule has 0 radical (unpaired) electrons. The minimum Gasteiger partial charge on any atom is -0.490 e. The third-order valence-electron chi connectivity index (χ3n) is 3.30. The zero-order chi connectivity index (χ0) is 15.8. The zero-order valence-corrected chi connectivity index (χ0v) is 13.2. The number of nitrogens with zero attached hydrogens (tertiary/aromatic N) is 1. The van der Waals surface area contributed by atoms with Gasteiger partial charge in [-0.1, -0.05) is 12.1 Å². The van der Waals surface area contributed by atoms with Crippen LogP contribution in [-0.2, 0) is 14.3 Å². The van der Waals surface area contributed by atoms with Gasteiger partial charge in [0.25, 0.3) is 0 Å². The zero-order valence-electron chi connectivity index (χ0n) is 13.2. The van der Waals surface area contributed by atoms with Gasteiger partial charge in [0, 0.05) is 13.2 Å². The molecule has 0 bridgehead atoms. The Balaban J connectivity index is 1.81. The van der Waals surface area contributed by atoms with Crippen LogP contribution in [0.1, 0.15) is 6.42 Å². The molecule has 1 fully saturated rings. The van der Waals surface area contributed by atoms with Crippen molar-refractivity contribution in [2.45, 2.75) is 12.5 Å². The molecule has 1 saturated heterocycles. The summed E-state index contributed by atoms with van der Waals surface area (Å²) < 4.78 is 16.4. The van der Waals surface area contributed by atoms with E-state index in [0.29, 0.717) is 31.3 Å². The summed E-state index contributed by atoms with van der Waals surface area (Å²) in [4.78, 5) is 14.0. The molecule has 2 rings (SSSR count). The number of hydrogen-bond acceptors (Lipinski definition) is 5. The summed E-state index contributed by atoms with van der Waals surface area (Å²) in [5, 5.41) is 2.83. The molecule has 1 aliphatic rings. The first kappa shape index (κ1) is 16.7. The van der Waals surface area contributed by atoms with Gasteiger partial charge in [-0.2, -0.15) is 0 Å².